The molecule has 33 heavy (non-hydrogen) atoms. The molecule has 174 valence electrons. The number of oxazole rings is 1. The number of methoxy groups -OCH3 is 1. The van der Waals surface area contributed by atoms with Crippen LogP contribution in [-0.4, -0.2) is 59.5 Å². The van der Waals surface area contributed by atoms with Gasteiger partial charge in [0.05, 0.1) is 25.2 Å². The first-order valence-electron chi connectivity index (χ1n) is 11.0. The number of piperazine rings is 1. The lowest BCUT2D eigenvalue weighted by Crippen LogP contribution is -2.51. The summed E-state index contributed by atoms with van der Waals surface area (Å²) in [7, 11) is 1.61. The van der Waals surface area contributed by atoms with Crippen molar-refractivity contribution in [3.8, 4) is 5.75 Å². The van der Waals surface area contributed by atoms with Gasteiger partial charge in [0.1, 0.15) is 5.75 Å². The molecule has 1 N–H and O–H groups in total. The molecule has 9 nitrogen and oxygen atoms in total. The molecule has 0 spiro atoms. The minimum atomic E-state index is -0.413. The molecule has 1 fully saturated rings. The van der Waals surface area contributed by atoms with E-state index < -0.39 is 5.76 Å². The quantitative estimate of drug-likeness (QED) is 0.617. The molecule has 0 radical (unpaired) electrons. The Bertz CT molecular complexity index is 1210. The summed E-state index contributed by atoms with van der Waals surface area (Å²) in [6, 6.07) is 12.7. The van der Waals surface area contributed by atoms with E-state index in [1.165, 1.54) is 4.57 Å². The molecule has 0 saturated carbocycles. The van der Waals surface area contributed by atoms with Gasteiger partial charge in [-0.25, -0.2) is 4.79 Å². The van der Waals surface area contributed by atoms with Crippen LogP contribution in [-0.2, 0) is 16.1 Å². The number of carbonyl (C=O) groups excluding carboxylic acids is 2. The number of ether oxygens (including phenoxy) is 1. The first-order valence-corrected chi connectivity index (χ1v) is 11.0. The van der Waals surface area contributed by atoms with Crippen LogP contribution in [0.1, 0.15) is 25.5 Å². The van der Waals surface area contributed by atoms with Gasteiger partial charge < -0.3 is 19.4 Å². The molecule has 0 unspecified atom stereocenters. The highest BCUT2D eigenvalue weighted by atomic mass is 16.5. The van der Waals surface area contributed by atoms with Gasteiger partial charge in [-0.15, -0.1) is 0 Å². The fraction of sp³-hybridized carbons (Fsp3) is 0.375. The van der Waals surface area contributed by atoms with E-state index in [4.69, 9.17) is 9.15 Å². The molecule has 0 bridgehead atoms. The summed E-state index contributed by atoms with van der Waals surface area (Å²) < 4.78 is 12.0. The van der Waals surface area contributed by atoms with Crippen LogP contribution in [0.2, 0.25) is 0 Å². The number of hydrogen-bond donors (Lipinski definition) is 1. The van der Waals surface area contributed by atoms with Gasteiger partial charge in [0.15, 0.2) is 5.58 Å². The number of fused-ring (bicyclic) bond motifs is 1. The zero-order chi connectivity index (χ0) is 23.5. The summed E-state index contributed by atoms with van der Waals surface area (Å²) in [4.78, 5) is 40.7. The number of nitrogens with one attached hydrogen (secondary N) is 1. The van der Waals surface area contributed by atoms with E-state index in [1.807, 2.05) is 41.0 Å². The van der Waals surface area contributed by atoms with Crippen molar-refractivity contribution in [3.05, 3.63) is 58.6 Å². The molecule has 1 aromatic heterocycles. The van der Waals surface area contributed by atoms with Crippen LogP contribution in [0.4, 0.5) is 5.69 Å². The maximum Gasteiger partial charge on any atom is 0.419 e. The van der Waals surface area contributed by atoms with E-state index in [0.29, 0.717) is 43.0 Å². The Morgan fingerprint density at radius 3 is 2.58 bits per heavy atom. The Balaban J connectivity index is 1.44. The zero-order valence-corrected chi connectivity index (χ0v) is 19.0. The van der Waals surface area contributed by atoms with Crippen molar-refractivity contribution in [3.63, 3.8) is 0 Å². The lowest BCUT2D eigenvalue weighted by molar-refractivity contribution is -0.134. The molecule has 9 heteroatoms. The van der Waals surface area contributed by atoms with Gasteiger partial charge in [0, 0.05) is 44.9 Å². The number of aromatic nitrogens is 1. The number of benzene rings is 2. The fourth-order valence-corrected chi connectivity index (χ4v) is 4.32. The van der Waals surface area contributed by atoms with Gasteiger partial charge in [-0.05, 0) is 36.8 Å². The normalized spacial score (nSPS) is 16.7. The summed E-state index contributed by atoms with van der Waals surface area (Å²) in [6.07, 6.45) is 0. The number of nitrogens with zero attached hydrogens (tertiary/aromatic N) is 3. The Kier molecular flexibility index (Phi) is 6.50. The third kappa shape index (κ3) is 4.78. The highest BCUT2D eigenvalue weighted by Crippen LogP contribution is 2.27. The second-order valence-corrected chi connectivity index (χ2v) is 8.08. The minimum absolute atomic E-state index is 0.00808. The maximum atomic E-state index is 12.7. The molecule has 4 rings (SSSR count). The average molecular weight is 453 g/mol. The van der Waals surface area contributed by atoms with E-state index in [0.717, 1.165) is 11.3 Å². The smallest absolute Gasteiger partial charge is 0.419 e. The van der Waals surface area contributed by atoms with E-state index >= 15 is 0 Å². The topological polar surface area (TPSA) is 97.0 Å². The van der Waals surface area contributed by atoms with Gasteiger partial charge in [-0.2, -0.15) is 0 Å². The fourth-order valence-electron chi connectivity index (χ4n) is 4.32. The Morgan fingerprint density at radius 2 is 1.91 bits per heavy atom. The van der Waals surface area contributed by atoms with E-state index in [9.17, 15) is 14.4 Å². The van der Waals surface area contributed by atoms with Gasteiger partial charge in [0.2, 0.25) is 11.8 Å². The third-order valence-corrected chi connectivity index (χ3v) is 6.00. The highest BCUT2D eigenvalue weighted by Gasteiger charge is 2.30. The van der Waals surface area contributed by atoms with Gasteiger partial charge in [0.25, 0.3) is 0 Å². The SMILES string of the molecule is CCn1c(=O)oc2cc(NC(=O)CN3CCN(C(C)=O)[C@H](c4ccc(OC)cc4)C3)ccc21. The van der Waals surface area contributed by atoms with Crippen molar-refractivity contribution in [1.82, 2.24) is 14.4 Å². The molecular weight excluding hydrogens is 424 g/mol. The second kappa shape index (κ2) is 9.50. The molecular formula is C24H28N4O5. The van der Waals surface area contributed by atoms with Gasteiger partial charge >= 0.3 is 5.76 Å². The van der Waals surface area contributed by atoms with Crippen molar-refractivity contribution >= 4 is 28.6 Å². The lowest BCUT2D eigenvalue weighted by Gasteiger charge is -2.41. The summed E-state index contributed by atoms with van der Waals surface area (Å²) in [6.45, 7) is 5.84. The third-order valence-electron chi connectivity index (χ3n) is 6.00. The van der Waals surface area contributed by atoms with Crippen molar-refractivity contribution in [2.75, 3.05) is 38.6 Å². The van der Waals surface area contributed by atoms with Crippen LogP contribution in [0.15, 0.2) is 51.7 Å². The van der Waals surface area contributed by atoms with Crippen LogP contribution in [0.25, 0.3) is 11.1 Å². The van der Waals surface area contributed by atoms with Gasteiger partial charge in [-0.3, -0.25) is 19.1 Å². The second-order valence-electron chi connectivity index (χ2n) is 8.08. The zero-order valence-electron chi connectivity index (χ0n) is 19.0. The lowest BCUT2D eigenvalue weighted by atomic mass is 10.0. The van der Waals surface area contributed by atoms with Crippen molar-refractivity contribution in [1.29, 1.82) is 0 Å². The van der Waals surface area contributed by atoms with E-state index in [1.54, 1.807) is 32.2 Å². The van der Waals surface area contributed by atoms with Crippen LogP contribution in [0.5, 0.6) is 5.75 Å². The summed E-state index contributed by atoms with van der Waals surface area (Å²) in [5.41, 5.74) is 2.70. The van der Waals surface area contributed by atoms with Gasteiger partial charge in [-0.1, -0.05) is 12.1 Å². The van der Waals surface area contributed by atoms with E-state index in [-0.39, 0.29) is 24.4 Å². The van der Waals surface area contributed by atoms with Crippen LogP contribution in [0, 0.1) is 0 Å². The number of amides is 2. The standard InChI is InChI=1S/C24H28N4O5/c1-4-27-20-10-7-18(13-22(20)33-24(27)31)25-23(30)15-26-11-12-28(16(2)29)21(14-26)17-5-8-19(32-3)9-6-17/h5-10,13,21H,4,11-12,14-15H2,1-3H3,(H,25,30)/t21-/m0/s1. The molecule has 1 atom stereocenters. The summed E-state index contributed by atoms with van der Waals surface area (Å²) in [5.74, 6) is 0.177. The number of anilines is 1. The molecule has 2 heterocycles. The Morgan fingerprint density at radius 1 is 1.15 bits per heavy atom. The first kappa shape index (κ1) is 22.6. The highest BCUT2D eigenvalue weighted by molar-refractivity contribution is 5.94. The number of hydrogen-bond acceptors (Lipinski definition) is 6. The number of carbonyl (C=O) groups is 2. The molecule has 0 aliphatic carbocycles. The maximum absolute atomic E-state index is 12.7. The monoisotopic (exact) mass is 452 g/mol. The Hall–Kier alpha value is -3.59. The molecule has 2 aromatic carbocycles. The van der Waals surface area contributed by atoms with E-state index in [2.05, 4.69) is 5.32 Å². The largest absolute Gasteiger partial charge is 0.497 e. The van der Waals surface area contributed by atoms with Crippen molar-refractivity contribution in [2.45, 2.75) is 26.4 Å². The molecule has 3 aromatic rings. The molecule has 1 saturated heterocycles. The molecule has 1 aliphatic heterocycles. The predicted octanol–water partition coefficient (Wildman–Crippen LogP) is 2.47. The van der Waals surface area contributed by atoms with Crippen LogP contribution in [0.3, 0.4) is 0 Å². The predicted molar refractivity (Wildman–Crippen MR) is 124 cm³/mol. The average Bonchev–Trinajstić information content (AvgIpc) is 3.12. The van der Waals surface area contributed by atoms with Crippen molar-refractivity contribution < 1.29 is 18.7 Å². The number of rotatable bonds is 6. The Labute approximate surface area is 191 Å². The first-order chi connectivity index (χ1) is 15.9. The van der Waals surface area contributed by atoms with Crippen molar-refractivity contribution in [2.24, 2.45) is 0 Å². The summed E-state index contributed by atoms with van der Waals surface area (Å²) in [5, 5.41) is 2.88. The van der Waals surface area contributed by atoms with Crippen LogP contribution >= 0.6 is 0 Å². The number of aryl methyl sites for hydroxylation is 1. The molecule has 2 amide bonds. The molecule has 1 aliphatic rings. The van der Waals surface area contributed by atoms with Crippen LogP contribution < -0.4 is 15.8 Å². The minimum Gasteiger partial charge on any atom is -0.497 e. The summed E-state index contributed by atoms with van der Waals surface area (Å²) >= 11 is 0.